The van der Waals surface area contributed by atoms with Crippen molar-refractivity contribution in [2.45, 2.75) is 56.8 Å². The van der Waals surface area contributed by atoms with Gasteiger partial charge in [-0.3, -0.25) is 9.59 Å². The lowest BCUT2D eigenvalue weighted by Crippen LogP contribution is -2.47. The average molecular weight is 550 g/mol. The lowest BCUT2D eigenvalue weighted by Gasteiger charge is -2.37. The number of ether oxygens (including phenoxy) is 2. The highest BCUT2D eigenvalue weighted by atomic mass is 19.4. The van der Waals surface area contributed by atoms with Crippen LogP contribution in [0.5, 0.6) is 0 Å². The molecule has 1 aromatic heterocycles. The largest absolute Gasteiger partial charge is 0.490 e. The highest BCUT2D eigenvalue weighted by Crippen LogP contribution is 2.36. The Balaban J connectivity index is 1.25. The zero-order valence-corrected chi connectivity index (χ0v) is 20.1. The van der Waals surface area contributed by atoms with Gasteiger partial charge in [-0.15, -0.1) is 5.11 Å². The van der Waals surface area contributed by atoms with Crippen molar-refractivity contribution < 1.29 is 45.4 Å². The SMILES string of the molecule is C[C@@H](CO[C@@H]1CCN(C2CCN(c3cnc(C(F)(F)F)cn3)CC2)C1=O)OC1=CN=NC(=O)C1C(F)(F)F. The Labute approximate surface area is 212 Å². The molecule has 4 heterocycles. The van der Waals surface area contributed by atoms with E-state index in [1.54, 1.807) is 9.80 Å². The molecule has 10 nitrogen and oxygen atoms in total. The molecule has 2 fully saturated rings. The van der Waals surface area contributed by atoms with Gasteiger partial charge in [0, 0.05) is 32.1 Å². The zero-order chi connectivity index (χ0) is 27.7. The van der Waals surface area contributed by atoms with Crippen LogP contribution in [0.25, 0.3) is 0 Å². The van der Waals surface area contributed by atoms with E-state index in [-0.39, 0.29) is 18.6 Å². The maximum Gasteiger partial charge on any atom is 0.434 e. The number of piperidine rings is 1. The second-order valence-corrected chi connectivity index (χ2v) is 9.11. The Kier molecular flexibility index (Phi) is 7.90. The Bertz CT molecular complexity index is 1090. The van der Waals surface area contributed by atoms with Crippen LogP contribution in [0.2, 0.25) is 0 Å². The molecule has 0 N–H and O–H groups in total. The average Bonchev–Trinajstić information content (AvgIpc) is 3.21. The predicted octanol–water partition coefficient (Wildman–Crippen LogP) is 3.50. The van der Waals surface area contributed by atoms with Gasteiger partial charge in [-0.1, -0.05) is 0 Å². The molecule has 3 atom stereocenters. The van der Waals surface area contributed by atoms with E-state index in [2.05, 4.69) is 20.2 Å². The van der Waals surface area contributed by atoms with Crippen molar-refractivity contribution in [3.63, 3.8) is 0 Å². The third-order valence-electron chi connectivity index (χ3n) is 6.42. The molecule has 0 bridgehead atoms. The molecule has 38 heavy (non-hydrogen) atoms. The minimum Gasteiger partial charge on any atom is -0.490 e. The first-order chi connectivity index (χ1) is 17.8. The Morgan fingerprint density at radius 2 is 1.74 bits per heavy atom. The van der Waals surface area contributed by atoms with E-state index in [1.807, 2.05) is 0 Å². The van der Waals surface area contributed by atoms with Crippen LogP contribution in [-0.2, 0) is 25.2 Å². The normalized spacial score (nSPS) is 24.1. The molecular weight excluding hydrogens is 526 g/mol. The van der Waals surface area contributed by atoms with Crippen LogP contribution in [0, 0.1) is 5.92 Å². The van der Waals surface area contributed by atoms with Gasteiger partial charge in [0.2, 0.25) is 0 Å². The molecule has 1 unspecified atom stereocenters. The summed E-state index contributed by atoms with van der Waals surface area (Å²) in [6, 6.07) is -0.0975. The predicted molar refractivity (Wildman–Crippen MR) is 116 cm³/mol. The molecule has 3 aliphatic rings. The quantitative estimate of drug-likeness (QED) is 0.478. The van der Waals surface area contributed by atoms with E-state index in [0.717, 1.165) is 12.4 Å². The van der Waals surface area contributed by atoms with Crippen molar-refractivity contribution in [1.82, 2.24) is 14.9 Å². The van der Waals surface area contributed by atoms with Gasteiger partial charge >= 0.3 is 12.4 Å². The third-order valence-corrected chi connectivity index (χ3v) is 6.42. The minimum atomic E-state index is -4.89. The molecule has 0 aromatic carbocycles. The van der Waals surface area contributed by atoms with E-state index < -0.39 is 47.8 Å². The van der Waals surface area contributed by atoms with Crippen LogP contribution < -0.4 is 4.90 Å². The van der Waals surface area contributed by atoms with Crippen LogP contribution in [0.1, 0.15) is 31.9 Å². The fourth-order valence-corrected chi connectivity index (χ4v) is 4.54. The Morgan fingerprint density at radius 1 is 1.03 bits per heavy atom. The second kappa shape index (κ2) is 10.8. The Morgan fingerprint density at radius 3 is 2.34 bits per heavy atom. The van der Waals surface area contributed by atoms with E-state index in [0.29, 0.717) is 50.9 Å². The van der Waals surface area contributed by atoms with Crippen LogP contribution in [-0.4, -0.2) is 77.3 Å². The summed E-state index contributed by atoms with van der Waals surface area (Å²) in [4.78, 5) is 35.2. The number of nitrogens with zero attached hydrogens (tertiary/aromatic N) is 6. The number of hydrogen-bond acceptors (Lipinski definition) is 8. The number of hydrogen-bond donors (Lipinski definition) is 0. The molecule has 0 aliphatic carbocycles. The highest BCUT2D eigenvalue weighted by Gasteiger charge is 2.50. The lowest BCUT2D eigenvalue weighted by molar-refractivity contribution is -0.183. The van der Waals surface area contributed by atoms with Gasteiger partial charge in [0.1, 0.15) is 23.8 Å². The fourth-order valence-electron chi connectivity index (χ4n) is 4.54. The summed E-state index contributed by atoms with van der Waals surface area (Å²) in [5.74, 6) is -4.62. The number of aromatic nitrogens is 2. The molecule has 1 aromatic rings. The maximum atomic E-state index is 13.2. The number of carbonyl (C=O) groups is 2. The van der Waals surface area contributed by atoms with E-state index in [1.165, 1.54) is 6.92 Å². The summed E-state index contributed by atoms with van der Waals surface area (Å²) >= 11 is 0. The first kappa shape index (κ1) is 27.7. The van der Waals surface area contributed by atoms with E-state index in [9.17, 15) is 35.9 Å². The molecular formula is C22H24F6N6O4. The first-order valence-electron chi connectivity index (χ1n) is 11.8. The second-order valence-electron chi connectivity index (χ2n) is 9.11. The summed E-state index contributed by atoms with van der Waals surface area (Å²) in [6.07, 6.45) is -7.13. The van der Waals surface area contributed by atoms with E-state index >= 15 is 0 Å². The van der Waals surface area contributed by atoms with Crippen molar-refractivity contribution in [3.05, 3.63) is 30.0 Å². The topological polar surface area (TPSA) is 110 Å². The number of halogens is 6. The molecule has 0 saturated carbocycles. The van der Waals surface area contributed by atoms with Gasteiger partial charge in [-0.2, -0.15) is 31.5 Å². The molecule has 3 aliphatic heterocycles. The van der Waals surface area contributed by atoms with Crippen LogP contribution in [0.3, 0.4) is 0 Å². The lowest BCUT2D eigenvalue weighted by atomic mass is 10.0. The first-order valence-corrected chi connectivity index (χ1v) is 11.8. The number of rotatable bonds is 7. The van der Waals surface area contributed by atoms with Crippen molar-refractivity contribution in [3.8, 4) is 0 Å². The summed E-state index contributed by atoms with van der Waals surface area (Å²) in [5.41, 5.74) is -1.07. The van der Waals surface area contributed by atoms with Crippen LogP contribution in [0.15, 0.2) is 34.6 Å². The van der Waals surface area contributed by atoms with Crippen molar-refractivity contribution in [2.75, 3.05) is 31.1 Å². The fraction of sp³-hybridized carbons (Fsp3) is 0.636. The standard InChI is InChI=1S/C22H24F6N6O4/c1-12(38-15-8-31-32-19(35)18(15)22(26,27)28)11-37-14-4-7-34(20(14)36)13-2-5-33(6-3-13)17-10-29-16(9-30-17)21(23,24)25/h8-10,12-14,18H,2-7,11H2,1H3/t12-,14+,18?/m0/s1. The number of amides is 2. The van der Waals surface area contributed by atoms with Gasteiger partial charge in [0.25, 0.3) is 11.8 Å². The van der Waals surface area contributed by atoms with Gasteiger partial charge < -0.3 is 19.3 Å². The number of alkyl halides is 6. The molecule has 4 rings (SSSR count). The Hall–Kier alpha value is -3.30. The van der Waals surface area contributed by atoms with Gasteiger partial charge in [0.15, 0.2) is 11.6 Å². The summed E-state index contributed by atoms with van der Waals surface area (Å²) in [5, 5.41) is 6.16. The van der Waals surface area contributed by atoms with Crippen LogP contribution >= 0.6 is 0 Å². The minimum absolute atomic E-state index is 0.0975. The number of likely N-dealkylation sites (tertiary alicyclic amines) is 1. The molecule has 2 amide bonds. The monoisotopic (exact) mass is 550 g/mol. The summed E-state index contributed by atoms with van der Waals surface area (Å²) < 4.78 is 88.6. The van der Waals surface area contributed by atoms with Gasteiger partial charge in [-0.25, -0.2) is 9.97 Å². The summed E-state index contributed by atoms with van der Waals surface area (Å²) in [6.45, 7) is 2.62. The highest BCUT2D eigenvalue weighted by molar-refractivity contribution is 5.83. The smallest absolute Gasteiger partial charge is 0.434 e. The number of anilines is 1. The molecule has 208 valence electrons. The molecule has 16 heteroatoms. The summed E-state index contributed by atoms with van der Waals surface area (Å²) in [7, 11) is 0. The van der Waals surface area contributed by atoms with Crippen molar-refractivity contribution >= 4 is 17.6 Å². The number of azo groups is 1. The molecule has 0 radical (unpaired) electrons. The van der Waals surface area contributed by atoms with Gasteiger partial charge in [-0.05, 0) is 19.8 Å². The van der Waals surface area contributed by atoms with Crippen LogP contribution in [0.4, 0.5) is 32.2 Å². The molecule has 0 spiro atoms. The maximum absolute atomic E-state index is 13.2. The zero-order valence-electron chi connectivity index (χ0n) is 20.1. The third kappa shape index (κ3) is 6.22. The van der Waals surface area contributed by atoms with Crippen molar-refractivity contribution in [2.24, 2.45) is 16.1 Å². The van der Waals surface area contributed by atoms with Crippen molar-refractivity contribution in [1.29, 1.82) is 0 Å². The van der Waals surface area contributed by atoms with E-state index in [4.69, 9.17) is 9.47 Å². The van der Waals surface area contributed by atoms with Gasteiger partial charge in [0.05, 0.1) is 25.2 Å². The molecule has 2 saturated heterocycles. The number of carbonyl (C=O) groups excluding carboxylic acids is 2.